The molecule has 0 aliphatic rings. The van der Waals surface area contributed by atoms with E-state index in [9.17, 15) is 31.2 Å². The number of sulfonamides is 2. The van der Waals surface area contributed by atoms with Gasteiger partial charge in [-0.25, -0.2) is 31.3 Å². The van der Waals surface area contributed by atoms with E-state index in [0.29, 0.717) is 33.6 Å². The average molecular weight is 882 g/mol. The molecule has 3 atom stereocenters. The highest BCUT2D eigenvalue weighted by atomic mass is 32.2. The predicted molar refractivity (Wildman–Crippen MR) is 234 cm³/mol. The standard InChI is InChI=1S/C42H55N7O8S3/c1-27-23-35(57-7)28(2)29(3)37(27)60(55,56)49-41(43)45-20-14-19-32(36(50)40-44-21-22-58-40)46-39(52)34(25-42(4,5)6)47-38(51)33(24-30-15-10-8-11-16-30)48-59(53,54)26-31-17-12-9-13-18-31/h8-13,15-18,21-23,32-34,48H,14,19-20,24-26H2,1-7H3,(H,46,52)(H,47,51)(H3,43,45,49)/t32-,33+,34-/m0/s1. The monoisotopic (exact) mass is 881 g/mol. The summed E-state index contributed by atoms with van der Waals surface area (Å²) in [6.45, 7) is 10.7. The van der Waals surface area contributed by atoms with Gasteiger partial charge in [0.2, 0.25) is 33.6 Å². The molecular weight excluding hydrogens is 827 g/mol. The second kappa shape index (κ2) is 20.9. The topological polar surface area (TPSA) is 228 Å². The van der Waals surface area contributed by atoms with Gasteiger partial charge in [0.25, 0.3) is 10.0 Å². The van der Waals surface area contributed by atoms with Gasteiger partial charge in [-0.3, -0.25) is 19.4 Å². The Morgan fingerprint density at radius 2 is 1.47 bits per heavy atom. The van der Waals surface area contributed by atoms with Crippen LogP contribution < -0.4 is 30.5 Å². The predicted octanol–water partition coefficient (Wildman–Crippen LogP) is 4.47. The van der Waals surface area contributed by atoms with Gasteiger partial charge < -0.3 is 21.1 Å². The van der Waals surface area contributed by atoms with Crippen molar-refractivity contribution in [3.63, 3.8) is 0 Å². The Balaban J connectivity index is 1.52. The number of hydrogen-bond acceptors (Lipinski definition) is 11. The number of guanidine groups is 1. The lowest BCUT2D eigenvalue weighted by Crippen LogP contribution is -2.57. The fourth-order valence-electron chi connectivity index (χ4n) is 6.58. The smallest absolute Gasteiger partial charge is 0.264 e. The minimum atomic E-state index is -4.12. The number of thiazole rings is 1. The lowest BCUT2D eigenvalue weighted by atomic mass is 9.87. The maximum Gasteiger partial charge on any atom is 0.264 e. The highest BCUT2D eigenvalue weighted by molar-refractivity contribution is 7.90. The van der Waals surface area contributed by atoms with Crippen LogP contribution in [0.3, 0.4) is 0 Å². The summed E-state index contributed by atoms with van der Waals surface area (Å²) in [4.78, 5) is 50.3. The fraction of sp³-hybridized carbons (Fsp3) is 0.405. The zero-order valence-electron chi connectivity index (χ0n) is 34.9. The van der Waals surface area contributed by atoms with Gasteiger partial charge in [0.15, 0.2) is 5.01 Å². The van der Waals surface area contributed by atoms with E-state index in [2.05, 4.69) is 30.1 Å². The quantitative estimate of drug-likeness (QED) is 0.0362. The summed E-state index contributed by atoms with van der Waals surface area (Å²) in [5, 5.41) is 7.37. The van der Waals surface area contributed by atoms with E-state index in [1.165, 1.54) is 13.3 Å². The molecule has 0 saturated heterocycles. The Labute approximate surface area is 357 Å². The van der Waals surface area contributed by atoms with E-state index < -0.39 is 61.2 Å². The molecule has 0 spiro atoms. The molecular formula is C42H55N7O8S3. The number of carbonyl (C=O) groups is 3. The number of Topliss-reactive ketones (excluding diaryl/α,β-unsaturated/α-hetero) is 1. The molecule has 0 bridgehead atoms. The number of methoxy groups -OCH3 is 1. The second-order valence-corrected chi connectivity index (χ2v) is 20.0. The molecule has 0 unspecified atom stereocenters. The van der Waals surface area contributed by atoms with Gasteiger partial charge >= 0.3 is 0 Å². The highest BCUT2D eigenvalue weighted by Crippen LogP contribution is 2.30. The van der Waals surface area contributed by atoms with Crippen LogP contribution in [0.15, 0.2) is 88.2 Å². The van der Waals surface area contributed by atoms with Crippen LogP contribution in [-0.2, 0) is 41.8 Å². The summed E-state index contributed by atoms with van der Waals surface area (Å²) < 4.78 is 63.7. The second-order valence-electron chi connectivity index (χ2n) is 15.7. The lowest BCUT2D eigenvalue weighted by molar-refractivity contribution is -0.130. The Bertz CT molecular complexity index is 2350. The third-order valence-corrected chi connectivity index (χ3v) is 13.3. The van der Waals surface area contributed by atoms with Crippen LogP contribution in [0.4, 0.5) is 0 Å². The fourth-order valence-corrected chi connectivity index (χ4v) is 10.0. The molecule has 0 fully saturated rings. The van der Waals surface area contributed by atoms with Crippen molar-refractivity contribution in [3.8, 4) is 5.75 Å². The third-order valence-electron chi connectivity index (χ3n) is 9.49. The minimum absolute atomic E-state index is 0.00206. The molecule has 0 saturated carbocycles. The zero-order chi connectivity index (χ0) is 44.3. The largest absolute Gasteiger partial charge is 0.496 e. The van der Waals surface area contributed by atoms with Crippen LogP contribution in [-0.4, -0.2) is 77.2 Å². The van der Waals surface area contributed by atoms with Gasteiger partial charge in [-0.05, 0) is 85.8 Å². The molecule has 0 aliphatic carbocycles. The number of aryl methyl sites for hydroxylation is 1. The van der Waals surface area contributed by atoms with Crippen molar-refractivity contribution in [3.05, 3.63) is 111 Å². The number of hydrogen-bond donors (Lipinski definition) is 5. The maximum atomic E-state index is 14.1. The number of ketones is 1. The summed E-state index contributed by atoms with van der Waals surface area (Å²) >= 11 is 1.10. The van der Waals surface area contributed by atoms with Crippen molar-refractivity contribution < 1.29 is 36.0 Å². The maximum absolute atomic E-state index is 14.1. The molecule has 2 amide bonds. The number of amides is 2. The molecule has 0 radical (unpaired) electrons. The molecule has 1 aromatic heterocycles. The molecule has 4 aromatic rings. The first-order valence-electron chi connectivity index (χ1n) is 19.3. The third kappa shape index (κ3) is 14.0. The van der Waals surface area contributed by atoms with E-state index >= 15 is 0 Å². The number of nitrogens with two attached hydrogens (primary N) is 1. The van der Waals surface area contributed by atoms with Crippen molar-refractivity contribution in [1.29, 1.82) is 0 Å². The van der Waals surface area contributed by atoms with Gasteiger partial charge in [-0.2, -0.15) is 0 Å². The summed E-state index contributed by atoms with van der Waals surface area (Å²) in [5.41, 5.74) is 8.40. The van der Waals surface area contributed by atoms with Crippen molar-refractivity contribution in [2.75, 3.05) is 13.7 Å². The van der Waals surface area contributed by atoms with E-state index in [-0.39, 0.29) is 53.8 Å². The van der Waals surface area contributed by atoms with Crippen LogP contribution >= 0.6 is 11.3 Å². The van der Waals surface area contributed by atoms with Gasteiger partial charge in [-0.1, -0.05) is 81.4 Å². The number of nitrogens with one attached hydrogen (secondary N) is 4. The van der Waals surface area contributed by atoms with E-state index in [4.69, 9.17) is 10.5 Å². The van der Waals surface area contributed by atoms with Gasteiger partial charge in [0.05, 0.1) is 23.8 Å². The van der Waals surface area contributed by atoms with Crippen LogP contribution in [0.2, 0.25) is 0 Å². The Morgan fingerprint density at radius 3 is 2.05 bits per heavy atom. The Morgan fingerprint density at radius 1 is 0.867 bits per heavy atom. The number of aromatic nitrogens is 1. The molecule has 1 heterocycles. The molecule has 15 nitrogen and oxygen atoms in total. The number of carbonyl (C=O) groups excluding carboxylic acids is 3. The Kier molecular flexibility index (Phi) is 16.5. The van der Waals surface area contributed by atoms with E-state index in [1.807, 2.05) is 20.8 Å². The van der Waals surface area contributed by atoms with Crippen molar-refractivity contribution >= 4 is 54.9 Å². The van der Waals surface area contributed by atoms with Crippen LogP contribution in [0.1, 0.15) is 77.7 Å². The number of nitrogens with zero attached hydrogens (tertiary/aromatic N) is 2. The number of rotatable bonds is 20. The number of benzene rings is 3. The van der Waals surface area contributed by atoms with Crippen molar-refractivity contribution in [1.82, 2.24) is 25.1 Å². The number of ether oxygens (including phenoxy) is 1. The summed E-state index contributed by atoms with van der Waals surface area (Å²) in [6.07, 6.45) is 1.88. The van der Waals surface area contributed by atoms with Gasteiger partial charge in [0.1, 0.15) is 17.8 Å². The first-order chi connectivity index (χ1) is 28.2. The molecule has 3 aromatic carbocycles. The van der Waals surface area contributed by atoms with Crippen molar-refractivity contribution in [2.24, 2.45) is 16.1 Å². The first-order valence-corrected chi connectivity index (χ1v) is 23.3. The molecule has 60 heavy (non-hydrogen) atoms. The lowest BCUT2D eigenvalue weighted by Gasteiger charge is -2.29. The zero-order valence-corrected chi connectivity index (χ0v) is 37.4. The van der Waals surface area contributed by atoms with Crippen molar-refractivity contribution in [2.45, 2.75) is 96.0 Å². The minimum Gasteiger partial charge on any atom is -0.496 e. The summed E-state index contributed by atoms with van der Waals surface area (Å²) in [5.74, 6) is -2.00. The summed E-state index contributed by atoms with van der Waals surface area (Å²) in [7, 11) is -6.63. The van der Waals surface area contributed by atoms with Crippen LogP contribution in [0.25, 0.3) is 0 Å². The molecule has 0 aliphatic heterocycles. The molecule has 18 heteroatoms. The molecule has 324 valence electrons. The number of aliphatic imine (C=N–C) groups is 1. The van der Waals surface area contributed by atoms with E-state index in [0.717, 1.165) is 11.3 Å². The SMILES string of the molecule is COc1cc(C)c(S(=O)(=O)NC(N)=NCCC[C@H](NC(=O)[C@H](CC(C)(C)C)NC(=O)[C@@H](Cc2ccccc2)NS(=O)(=O)Cc2ccccc2)C(=O)c2nccs2)c(C)c1C. The normalized spacial score (nSPS) is 13.8. The average Bonchev–Trinajstić information content (AvgIpc) is 3.72. The van der Waals surface area contributed by atoms with Crippen LogP contribution in [0.5, 0.6) is 5.75 Å². The highest BCUT2D eigenvalue weighted by Gasteiger charge is 2.34. The Hall–Kier alpha value is -5.17. The molecule has 4 rings (SSSR count). The molecule has 6 N–H and O–H groups in total. The van der Waals surface area contributed by atoms with E-state index in [1.54, 1.807) is 92.9 Å². The van der Waals surface area contributed by atoms with Gasteiger partial charge in [-0.15, -0.1) is 11.3 Å². The summed E-state index contributed by atoms with van der Waals surface area (Å²) in [6, 6.07) is 15.6. The first kappa shape index (κ1) is 47.5. The van der Waals surface area contributed by atoms with Gasteiger partial charge in [0, 0.05) is 18.1 Å². The van der Waals surface area contributed by atoms with Crippen LogP contribution in [0, 0.1) is 26.2 Å².